The van der Waals surface area contributed by atoms with Gasteiger partial charge in [0.05, 0.1) is 12.2 Å². The van der Waals surface area contributed by atoms with E-state index in [0.29, 0.717) is 30.9 Å². The van der Waals surface area contributed by atoms with E-state index in [-0.39, 0.29) is 12.5 Å². The van der Waals surface area contributed by atoms with Gasteiger partial charge in [-0.2, -0.15) is 0 Å². The van der Waals surface area contributed by atoms with Crippen LogP contribution < -0.4 is 5.32 Å². The molecule has 0 aliphatic rings. The van der Waals surface area contributed by atoms with E-state index < -0.39 is 5.97 Å². The Hall–Kier alpha value is -1.88. The summed E-state index contributed by atoms with van der Waals surface area (Å²) >= 11 is 0. The molecule has 0 bridgehead atoms. The quantitative estimate of drug-likeness (QED) is 0.561. The van der Waals surface area contributed by atoms with Crippen molar-refractivity contribution in [2.45, 2.75) is 33.1 Å². The van der Waals surface area contributed by atoms with E-state index >= 15 is 0 Å². The summed E-state index contributed by atoms with van der Waals surface area (Å²) in [5.74, 6) is -0.401. The molecule has 1 aromatic rings. The number of esters is 1. The summed E-state index contributed by atoms with van der Waals surface area (Å²) in [5.41, 5.74) is 1.14. The van der Waals surface area contributed by atoms with Crippen molar-refractivity contribution in [1.29, 1.82) is 0 Å². The number of hydrogen-bond acceptors (Lipinski definition) is 4. The van der Waals surface area contributed by atoms with Gasteiger partial charge in [0.2, 0.25) is 5.91 Å². The van der Waals surface area contributed by atoms with Crippen LogP contribution in [0.4, 0.5) is 5.69 Å². The molecule has 1 rings (SSSR count). The van der Waals surface area contributed by atoms with Crippen molar-refractivity contribution in [3.8, 4) is 0 Å². The minimum Gasteiger partial charge on any atom is -0.460 e. The zero-order valence-electron chi connectivity index (χ0n) is 12.7. The molecule has 1 N–H and O–H groups in total. The first-order valence-electron chi connectivity index (χ1n) is 7.32. The fourth-order valence-corrected chi connectivity index (χ4v) is 1.67. The number of unbranched alkanes of at least 4 members (excludes halogenated alkanes) is 1. The summed E-state index contributed by atoms with van der Waals surface area (Å²) in [6.07, 6.45) is 2.37. The molecule has 116 valence electrons. The van der Waals surface area contributed by atoms with Crippen molar-refractivity contribution in [3.63, 3.8) is 0 Å². The Balaban J connectivity index is 2.42. The second-order valence-electron chi connectivity index (χ2n) is 4.56. The maximum absolute atomic E-state index is 11.7. The zero-order chi connectivity index (χ0) is 15.5. The lowest BCUT2D eigenvalue weighted by molar-refractivity contribution is -0.116. The van der Waals surface area contributed by atoms with E-state index in [4.69, 9.17) is 9.47 Å². The van der Waals surface area contributed by atoms with E-state index in [1.54, 1.807) is 24.3 Å². The van der Waals surface area contributed by atoms with Crippen molar-refractivity contribution >= 4 is 17.6 Å². The van der Waals surface area contributed by atoms with Crippen LogP contribution in [0.5, 0.6) is 0 Å². The summed E-state index contributed by atoms with van der Waals surface area (Å²) in [4.78, 5) is 23.3. The van der Waals surface area contributed by atoms with Crippen LogP contribution in [0.2, 0.25) is 0 Å². The third-order valence-corrected chi connectivity index (χ3v) is 2.83. The molecule has 0 heterocycles. The van der Waals surface area contributed by atoms with Crippen LogP contribution >= 0.6 is 0 Å². The highest BCUT2D eigenvalue weighted by Crippen LogP contribution is 2.11. The number of ether oxygens (including phenoxy) is 2. The van der Waals surface area contributed by atoms with Gasteiger partial charge in [-0.25, -0.2) is 4.79 Å². The van der Waals surface area contributed by atoms with Crippen LogP contribution in [0.1, 0.15) is 43.5 Å². The number of rotatable bonds is 9. The lowest BCUT2D eigenvalue weighted by Gasteiger charge is -2.07. The Morgan fingerprint density at radius 1 is 1.10 bits per heavy atom. The first kappa shape index (κ1) is 17.2. The first-order chi connectivity index (χ1) is 10.2. The van der Waals surface area contributed by atoms with Crippen molar-refractivity contribution < 1.29 is 19.1 Å². The molecule has 0 radical (unpaired) electrons. The van der Waals surface area contributed by atoms with Crippen LogP contribution in [-0.2, 0) is 14.3 Å². The van der Waals surface area contributed by atoms with Gasteiger partial charge in [-0.15, -0.1) is 0 Å². The lowest BCUT2D eigenvalue weighted by Crippen LogP contribution is -2.12. The van der Waals surface area contributed by atoms with Gasteiger partial charge in [-0.3, -0.25) is 4.79 Å². The van der Waals surface area contributed by atoms with Crippen molar-refractivity contribution in [2.75, 3.05) is 25.1 Å². The second kappa shape index (κ2) is 9.94. The average Bonchev–Trinajstić information content (AvgIpc) is 2.50. The summed E-state index contributed by atoms with van der Waals surface area (Å²) in [5, 5.41) is 2.79. The van der Waals surface area contributed by atoms with E-state index in [2.05, 4.69) is 5.32 Å². The first-order valence-corrected chi connectivity index (χ1v) is 7.32. The molecule has 0 atom stereocenters. The number of carbonyl (C=O) groups is 2. The molecule has 0 spiro atoms. The molecule has 1 aromatic carbocycles. The Kier molecular flexibility index (Phi) is 8.12. The molecule has 0 saturated heterocycles. The Labute approximate surface area is 125 Å². The van der Waals surface area contributed by atoms with Crippen LogP contribution in [-0.4, -0.2) is 31.7 Å². The predicted molar refractivity (Wildman–Crippen MR) is 81.4 cm³/mol. The van der Waals surface area contributed by atoms with Crippen LogP contribution in [0.25, 0.3) is 0 Å². The molecule has 5 nitrogen and oxygen atoms in total. The van der Waals surface area contributed by atoms with Gasteiger partial charge in [0.1, 0.15) is 6.61 Å². The smallest absolute Gasteiger partial charge is 0.338 e. The van der Waals surface area contributed by atoms with E-state index in [1.165, 1.54) is 0 Å². The second-order valence-corrected chi connectivity index (χ2v) is 4.56. The Morgan fingerprint density at radius 2 is 1.81 bits per heavy atom. The maximum atomic E-state index is 11.7. The van der Waals surface area contributed by atoms with E-state index in [0.717, 1.165) is 12.8 Å². The molecule has 0 saturated carbocycles. The van der Waals surface area contributed by atoms with Crippen molar-refractivity contribution in [1.82, 2.24) is 0 Å². The molecule has 0 fully saturated rings. The van der Waals surface area contributed by atoms with Crippen LogP contribution in [0, 0.1) is 0 Å². The van der Waals surface area contributed by atoms with Gasteiger partial charge < -0.3 is 14.8 Å². The van der Waals surface area contributed by atoms with Gasteiger partial charge in [-0.1, -0.05) is 13.3 Å². The Morgan fingerprint density at radius 3 is 2.43 bits per heavy atom. The molecule has 21 heavy (non-hydrogen) atoms. The van der Waals surface area contributed by atoms with Crippen molar-refractivity contribution in [2.24, 2.45) is 0 Å². The molecular formula is C16H23NO4. The molecule has 1 amide bonds. The van der Waals surface area contributed by atoms with Gasteiger partial charge in [0.15, 0.2) is 0 Å². The number of amides is 1. The third kappa shape index (κ3) is 6.90. The summed E-state index contributed by atoms with van der Waals surface area (Å²) < 4.78 is 10.1. The summed E-state index contributed by atoms with van der Waals surface area (Å²) in [6, 6.07) is 6.67. The van der Waals surface area contributed by atoms with E-state index in [9.17, 15) is 9.59 Å². The zero-order valence-corrected chi connectivity index (χ0v) is 12.7. The number of hydrogen-bond donors (Lipinski definition) is 1. The minimum atomic E-state index is -0.390. The number of benzene rings is 1. The third-order valence-electron chi connectivity index (χ3n) is 2.83. The van der Waals surface area contributed by atoms with Gasteiger partial charge >= 0.3 is 5.97 Å². The Bertz CT molecular complexity index is 442. The van der Waals surface area contributed by atoms with E-state index in [1.807, 2.05) is 13.8 Å². The molecule has 0 aromatic heterocycles. The standard InChI is InChI=1S/C16H23NO4/c1-3-5-6-15(18)17-14-9-7-13(8-10-14)16(19)21-12-11-20-4-2/h7-10H,3-6,11-12H2,1-2H3,(H,17,18). The summed E-state index contributed by atoms with van der Waals surface area (Å²) in [6.45, 7) is 5.16. The monoisotopic (exact) mass is 293 g/mol. The lowest BCUT2D eigenvalue weighted by atomic mass is 10.2. The van der Waals surface area contributed by atoms with Crippen molar-refractivity contribution in [3.05, 3.63) is 29.8 Å². The fraction of sp³-hybridized carbons (Fsp3) is 0.500. The molecule has 0 aliphatic heterocycles. The highest BCUT2D eigenvalue weighted by atomic mass is 16.6. The van der Waals surface area contributed by atoms with Gasteiger partial charge in [-0.05, 0) is 37.6 Å². The topological polar surface area (TPSA) is 64.6 Å². The van der Waals surface area contributed by atoms with Crippen LogP contribution in [0.3, 0.4) is 0 Å². The summed E-state index contributed by atoms with van der Waals surface area (Å²) in [7, 11) is 0. The largest absolute Gasteiger partial charge is 0.460 e. The molecule has 0 unspecified atom stereocenters. The SMILES string of the molecule is CCCCC(=O)Nc1ccc(C(=O)OCCOCC)cc1. The maximum Gasteiger partial charge on any atom is 0.338 e. The molecular weight excluding hydrogens is 270 g/mol. The van der Waals surface area contributed by atoms with Crippen LogP contribution in [0.15, 0.2) is 24.3 Å². The fourth-order valence-electron chi connectivity index (χ4n) is 1.67. The minimum absolute atomic E-state index is 0.0103. The number of carbonyl (C=O) groups excluding carboxylic acids is 2. The highest BCUT2D eigenvalue weighted by Gasteiger charge is 2.07. The number of nitrogens with one attached hydrogen (secondary N) is 1. The average molecular weight is 293 g/mol. The molecule has 5 heteroatoms. The van der Waals surface area contributed by atoms with Gasteiger partial charge in [0, 0.05) is 18.7 Å². The normalized spacial score (nSPS) is 10.2. The highest BCUT2D eigenvalue weighted by molar-refractivity contribution is 5.93. The van der Waals surface area contributed by atoms with Gasteiger partial charge in [0.25, 0.3) is 0 Å². The predicted octanol–water partition coefficient (Wildman–Crippen LogP) is 3.01. The molecule has 0 aliphatic carbocycles. The number of anilines is 1.